The number of rotatable bonds is 8. The summed E-state index contributed by atoms with van der Waals surface area (Å²) < 4.78 is 1.77. The maximum atomic E-state index is 12.7. The molecule has 0 spiro atoms. The molecule has 0 aliphatic rings. The molecule has 0 saturated heterocycles. The van der Waals surface area contributed by atoms with Crippen LogP contribution in [0.15, 0.2) is 47.6 Å². The molecule has 3 rings (SSSR count). The van der Waals surface area contributed by atoms with E-state index >= 15 is 0 Å². The summed E-state index contributed by atoms with van der Waals surface area (Å²) in [5, 5.41) is 16.0. The van der Waals surface area contributed by atoms with Crippen molar-refractivity contribution in [1.82, 2.24) is 20.1 Å². The van der Waals surface area contributed by atoms with E-state index in [1.807, 2.05) is 13.8 Å². The summed E-state index contributed by atoms with van der Waals surface area (Å²) in [7, 11) is 1.80. The van der Waals surface area contributed by atoms with E-state index in [9.17, 15) is 9.59 Å². The fourth-order valence-electron chi connectivity index (χ4n) is 2.99. The molecule has 33 heavy (non-hydrogen) atoms. The third kappa shape index (κ3) is 6.41. The molecule has 0 unspecified atom stereocenters. The molecule has 0 bridgehead atoms. The Morgan fingerprint density at radius 3 is 2.42 bits per heavy atom. The average molecular weight is 527 g/mol. The van der Waals surface area contributed by atoms with Crippen molar-refractivity contribution in [3.05, 3.63) is 68.9 Å². The fraction of sp³-hybridized carbons (Fsp3) is 0.273. The van der Waals surface area contributed by atoms with Crippen LogP contribution in [-0.4, -0.2) is 32.3 Å². The maximum absolute atomic E-state index is 12.7. The first-order chi connectivity index (χ1) is 15.7. The number of aromatic nitrogens is 3. The normalized spacial score (nSPS) is 12.0. The van der Waals surface area contributed by atoms with Gasteiger partial charge >= 0.3 is 0 Å². The van der Waals surface area contributed by atoms with Crippen LogP contribution in [0.2, 0.25) is 15.1 Å². The Kier molecular flexibility index (Phi) is 8.64. The molecule has 1 heterocycles. The van der Waals surface area contributed by atoms with Crippen LogP contribution in [0.25, 0.3) is 0 Å². The van der Waals surface area contributed by atoms with Crippen molar-refractivity contribution in [2.45, 2.75) is 25.0 Å². The van der Waals surface area contributed by atoms with Crippen molar-refractivity contribution >= 4 is 64.1 Å². The van der Waals surface area contributed by atoms with Crippen LogP contribution in [0.1, 0.15) is 36.1 Å². The summed E-state index contributed by atoms with van der Waals surface area (Å²) >= 11 is 19.2. The number of amides is 2. The van der Waals surface area contributed by atoms with Crippen molar-refractivity contribution in [2.24, 2.45) is 13.0 Å². The van der Waals surface area contributed by atoms with Crippen LogP contribution < -0.4 is 10.6 Å². The number of carbonyl (C=O) groups excluding carboxylic acids is 2. The Morgan fingerprint density at radius 2 is 1.76 bits per heavy atom. The lowest BCUT2D eigenvalue weighted by Gasteiger charge is -2.21. The molecule has 2 N–H and O–H groups in total. The van der Waals surface area contributed by atoms with Gasteiger partial charge in [-0.05, 0) is 42.3 Å². The minimum Gasteiger partial charge on any atom is -0.342 e. The fourth-order valence-corrected chi connectivity index (χ4v) is 4.19. The van der Waals surface area contributed by atoms with Crippen LogP contribution in [0.3, 0.4) is 0 Å². The molecule has 0 aliphatic heterocycles. The van der Waals surface area contributed by atoms with Crippen LogP contribution in [0, 0.1) is 5.92 Å². The standard InChI is InChI=1S/C22H22Cl3N5O2S/c1-12(2)19(27-21(32)13-7-9-14(23)10-8-13)20-28-29-22(30(20)3)33-11-17(31)26-16-6-4-5-15(24)18(16)25/h4-10,12,19H,11H2,1-3H3,(H,26,31)(H,27,32)/t19-/m0/s1. The highest BCUT2D eigenvalue weighted by molar-refractivity contribution is 7.99. The van der Waals surface area contributed by atoms with Gasteiger partial charge in [0.15, 0.2) is 11.0 Å². The molecule has 0 fully saturated rings. The molecular formula is C22H22Cl3N5O2S. The van der Waals surface area contributed by atoms with Crippen molar-refractivity contribution in [1.29, 1.82) is 0 Å². The molecule has 0 aliphatic carbocycles. The monoisotopic (exact) mass is 525 g/mol. The van der Waals surface area contributed by atoms with Gasteiger partial charge in [-0.25, -0.2) is 0 Å². The zero-order valence-electron chi connectivity index (χ0n) is 18.1. The molecular weight excluding hydrogens is 505 g/mol. The summed E-state index contributed by atoms with van der Waals surface area (Å²) in [5.74, 6) is 0.243. The molecule has 0 saturated carbocycles. The van der Waals surface area contributed by atoms with Crippen LogP contribution >= 0.6 is 46.6 Å². The highest BCUT2D eigenvalue weighted by Gasteiger charge is 2.25. The highest BCUT2D eigenvalue weighted by atomic mass is 35.5. The summed E-state index contributed by atoms with van der Waals surface area (Å²) in [6, 6.07) is 11.3. The lowest BCUT2D eigenvalue weighted by Crippen LogP contribution is -2.33. The Labute approximate surface area is 211 Å². The van der Waals surface area contributed by atoms with E-state index in [2.05, 4.69) is 20.8 Å². The smallest absolute Gasteiger partial charge is 0.251 e. The van der Waals surface area contributed by atoms with Gasteiger partial charge in [-0.1, -0.05) is 66.5 Å². The molecule has 11 heteroatoms. The summed E-state index contributed by atoms with van der Waals surface area (Å²) in [6.07, 6.45) is 0. The molecule has 1 atom stereocenters. The zero-order chi connectivity index (χ0) is 24.1. The second-order valence-corrected chi connectivity index (χ2v) is 9.70. The van der Waals surface area contributed by atoms with Gasteiger partial charge in [0.25, 0.3) is 5.91 Å². The van der Waals surface area contributed by atoms with E-state index in [1.54, 1.807) is 54.1 Å². The maximum Gasteiger partial charge on any atom is 0.251 e. The predicted octanol–water partition coefficient (Wildman–Crippen LogP) is 5.63. The summed E-state index contributed by atoms with van der Waals surface area (Å²) in [5.41, 5.74) is 0.941. The van der Waals surface area contributed by atoms with Crippen LogP contribution in [-0.2, 0) is 11.8 Å². The van der Waals surface area contributed by atoms with Gasteiger partial charge in [-0.15, -0.1) is 10.2 Å². The van der Waals surface area contributed by atoms with E-state index in [0.717, 1.165) is 0 Å². The third-order valence-corrected chi connectivity index (χ3v) is 6.86. The topological polar surface area (TPSA) is 88.9 Å². The SMILES string of the molecule is CC(C)[C@H](NC(=O)c1ccc(Cl)cc1)c1nnc(SCC(=O)Nc2cccc(Cl)c2Cl)n1C. The van der Waals surface area contributed by atoms with Crippen molar-refractivity contribution < 1.29 is 9.59 Å². The van der Waals surface area contributed by atoms with E-state index in [4.69, 9.17) is 34.8 Å². The summed E-state index contributed by atoms with van der Waals surface area (Å²) in [4.78, 5) is 25.1. The summed E-state index contributed by atoms with van der Waals surface area (Å²) in [6.45, 7) is 3.97. The van der Waals surface area contributed by atoms with E-state index in [-0.39, 0.29) is 34.5 Å². The Bertz CT molecular complexity index is 1150. The first-order valence-electron chi connectivity index (χ1n) is 9.99. The highest BCUT2D eigenvalue weighted by Crippen LogP contribution is 2.30. The number of hydrogen-bond donors (Lipinski definition) is 2. The van der Waals surface area contributed by atoms with Crippen LogP contribution in [0.4, 0.5) is 5.69 Å². The lowest BCUT2D eigenvalue weighted by molar-refractivity contribution is -0.113. The van der Waals surface area contributed by atoms with Gasteiger partial charge in [-0.2, -0.15) is 0 Å². The number of thioether (sulfide) groups is 1. The van der Waals surface area contributed by atoms with Crippen molar-refractivity contribution in [3.8, 4) is 0 Å². The van der Waals surface area contributed by atoms with Gasteiger partial charge in [0, 0.05) is 17.6 Å². The first kappa shape index (κ1) is 25.4. The number of benzene rings is 2. The average Bonchev–Trinajstić information content (AvgIpc) is 3.14. The second kappa shape index (κ2) is 11.2. The second-order valence-electron chi connectivity index (χ2n) is 7.54. The number of anilines is 1. The van der Waals surface area contributed by atoms with Crippen molar-refractivity contribution in [2.75, 3.05) is 11.1 Å². The Morgan fingerprint density at radius 1 is 1.06 bits per heavy atom. The van der Waals surface area contributed by atoms with Gasteiger partial charge in [0.2, 0.25) is 5.91 Å². The van der Waals surface area contributed by atoms with Gasteiger partial charge in [0.1, 0.15) is 0 Å². The number of hydrogen-bond acceptors (Lipinski definition) is 5. The molecule has 2 aromatic carbocycles. The van der Waals surface area contributed by atoms with Gasteiger partial charge in [-0.3, -0.25) is 9.59 Å². The molecule has 1 aromatic heterocycles. The van der Waals surface area contributed by atoms with E-state index < -0.39 is 0 Å². The molecule has 2 amide bonds. The zero-order valence-corrected chi connectivity index (χ0v) is 21.2. The van der Waals surface area contributed by atoms with Gasteiger partial charge in [0.05, 0.1) is 27.5 Å². The molecule has 3 aromatic rings. The number of halogens is 3. The molecule has 7 nitrogen and oxygen atoms in total. The largest absolute Gasteiger partial charge is 0.342 e. The van der Waals surface area contributed by atoms with Gasteiger partial charge < -0.3 is 15.2 Å². The Balaban J connectivity index is 1.67. The Hall–Kier alpha value is -2.26. The lowest BCUT2D eigenvalue weighted by atomic mass is 10.0. The minimum atomic E-state index is -0.376. The minimum absolute atomic E-state index is 0.0512. The number of nitrogens with zero attached hydrogens (tertiary/aromatic N) is 3. The number of nitrogens with one attached hydrogen (secondary N) is 2. The predicted molar refractivity (Wildman–Crippen MR) is 133 cm³/mol. The first-order valence-corrected chi connectivity index (χ1v) is 12.1. The van der Waals surface area contributed by atoms with E-state index in [1.165, 1.54) is 11.8 Å². The number of carbonyl (C=O) groups is 2. The van der Waals surface area contributed by atoms with Crippen LogP contribution in [0.5, 0.6) is 0 Å². The quantitative estimate of drug-likeness (QED) is 0.371. The third-order valence-electron chi connectivity index (χ3n) is 4.76. The van der Waals surface area contributed by atoms with Crippen molar-refractivity contribution in [3.63, 3.8) is 0 Å². The molecule has 0 radical (unpaired) electrons. The molecule has 174 valence electrons. The van der Waals surface area contributed by atoms with E-state index in [0.29, 0.717) is 32.3 Å².